The summed E-state index contributed by atoms with van der Waals surface area (Å²) < 4.78 is 9.02. The molecule has 8 heteroatoms. The summed E-state index contributed by atoms with van der Waals surface area (Å²) in [5.41, 5.74) is 0.174. The van der Waals surface area contributed by atoms with E-state index in [-0.39, 0.29) is 23.0 Å². The first-order valence-electron chi connectivity index (χ1n) is 11.7. The van der Waals surface area contributed by atoms with Crippen LogP contribution in [-0.2, 0) is 9.47 Å². The molecule has 0 atom stereocenters. The molecule has 0 aliphatic heterocycles. The van der Waals surface area contributed by atoms with Crippen LogP contribution in [0, 0.1) is 22.7 Å². The zero-order valence-corrected chi connectivity index (χ0v) is 21.3. The van der Waals surface area contributed by atoms with Gasteiger partial charge in [0.15, 0.2) is 0 Å². The van der Waals surface area contributed by atoms with Crippen LogP contribution in [0.2, 0.25) is 0 Å². The average Bonchev–Trinajstić information content (AvgIpc) is 2.87. The standard InChI is InChI=1S/C10H10O4.2C8H16O2/c1-13-9(11)7-3-5-8(6-4-7)10(12)14-2;1-7(2)5(9)8(3,4)6(7)10;9-5-7-1-2-8(6-10)4-3-7/h3-6H,1-2H3;5-6,9-10H,1-4H3;7-10H,1-6H2. The summed E-state index contributed by atoms with van der Waals surface area (Å²) in [7, 11) is 2.60. The Kier molecular flexibility index (Phi) is 11.6. The smallest absolute Gasteiger partial charge is 0.337 e. The summed E-state index contributed by atoms with van der Waals surface area (Å²) >= 11 is 0. The lowest BCUT2D eigenvalue weighted by Gasteiger charge is -2.59. The Balaban J connectivity index is 0.000000261. The maximum absolute atomic E-state index is 11.0. The van der Waals surface area contributed by atoms with Gasteiger partial charge in [-0.25, -0.2) is 9.59 Å². The van der Waals surface area contributed by atoms with E-state index < -0.39 is 11.9 Å². The summed E-state index contributed by atoms with van der Waals surface area (Å²) in [6, 6.07) is 6.05. The third-order valence-electron chi connectivity index (χ3n) is 7.03. The molecule has 0 radical (unpaired) electrons. The molecule has 2 aliphatic carbocycles. The highest BCUT2D eigenvalue weighted by molar-refractivity contribution is 5.93. The molecule has 0 aromatic heterocycles. The van der Waals surface area contributed by atoms with Gasteiger partial charge in [-0.05, 0) is 61.8 Å². The van der Waals surface area contributed by atoms with Gasteiger partial charge < -0.3 is 29.9 Å². The molecule has 0 spiro atoms. The van der Waals surface area contributed by atoms with Crippen molar-refractivity contribution in [3.05, 3.63) is 35.4 Å². The van der Waals surface area contributed by atoms with E-state index in [2.05, 4.69) is 9.47 Å². The summed E-state index contributed by atoms with van der Waals surface area (Å²) in [6.45, 7) is 8.19. The summed E-state index contributed by atoms with van der Waals surface area (Å²) in [6.07, 6.45) is 3.64. The molecule has 2 saturated carbocycles. The number of aliphatic hydroxyl groups excluding tert-OH is 4. The van der Waals surface area contributed by atoms with Gasteiger partial charge in [-0.2, -0.15) is 0 Å². The first kappa shape index (κ1) is 30.0. The minimum Gasteiger partial charge on any atom is -0.465 e. The van der Waals surface area contributed by atoms with E-state index in [0.29, 0.717) is 36.2 Å². The van der Waals surface area contributed by atoms with Gasteiger partial charge in [0, 0.05) is 24.0 Å². The Morgan fingerprint density at radius 1 is 0.735 bits per heavy atom. The minimum absolute atomic E-state index is 0.316. The lowest BCUT2D eigenvalue weighted by Crippen LogP contribution is -2.67. The monoisotopic (exact) mass is 482 g/mol. The van der Waals surface area contributed by atoms with E-state index in [1.54, 1.807) is 0 Å². The normalized spacial score (nSPS) is 26.4. The predicted octanol–water partition coefficient (Wildman–Crippen LogP) is 2.81. The lowest BCUT2D eigenvalue weighted by atomic mass is 9.51. The van der Waals surface area contributed by atoms with E-state index in [4.69, 9.17) is 10.2 Å². The van der Waals surface area contributed by atoms with E-state index in [1.807, 2.05) is 27.7 Å². The van der Waals surface area contributed by atoms with E-state index in [0.717, 1.165) is 25.7 Å². The summed E-state index contributed by atoms with van der Waals surface area (Å²) in [5.74, 6) is 0.174. The number of aliphatic hydroxyl groups is 4. The molecular weight excluding hydrogens is 440 g/mol. The van der Waals surface area contributed by atoms with Crippen molar-refractivity contribution < 1.29 is 39.5 Å². The fourth-order valence-corrected chi connectivity index (χ4v) is 4.70. The second-order valence-electron chi connectivity index (χ2n) is 10.3. The molecule has 2 fully saturated rings. The Bertz CT molecular complexity index is 687. The third-order valence-corrected chi connectivity index (χ3v) is 7.03. The average molecular weight is 483 g/mol. The first-order valence-corrected chi connectivity index (χ1v) is 11.7. The predicted molar refractivity (Wildman–Crippen MR) is 128 cm³/mol. The van der Waals surface area contributed by atoms with Gasteiger partial charge in [0.25, 0.3) is 0 Å². The SMILES string of the molecule is CC1(C)C(O)C(C)(C)C1O.COC(=O)c1ccc(C(=O)OC)cc1.OCC1CCC(CO)CC1. The number of methoxy groups -OCH3 is 2. The Labute approximate surface area is 202 Å². The van der Waals surface area contributed by atoms with Gasteiger partial charge in [0.1, 0.15) is 0 Å². The van der Waals surface area contributed by atoms with Gasteiger partial charge in [-0.1, -0.05) is 27.7 Å². The quantitative estimate of drug-likeness (QED) is 0.482. The Morgan fingerprint density at radius 2 is 1.00 bits per heavy atom. The molecule has 0 unspecified atom stereocenters. The van der Waals surface area contributed by atoms with Gasteiger partial charge in [-0.15, -0.1) is 0 Å². The number of hydrogen-bond acceptors (Lipinski definition) is 8. The lowest BCUT2D eigenvalue weighted by molar-refractivity contribution is -0.247. The minimum atomic E-state index is -0.429. The van der Waals surface area contributed by atoms with Crippen LogP contribution >= 0.6 is 0 Å². The highest BCUT2D eigenvalue weighted by Gasteiger charge is 2.60. The molecule has 1 aromatic carbocycles. The molecule has 8 nitrogen and oxygen atoms in total. The van der Waals surface area contributed by atoms with Crippen molar-refractivity contribution in [2.75, 3.05) is 27.4 Å². The number of rotatable bonds is 4. The molecule has 2 aliphatic rings. The number of ether oxygens (including phenoxy) is 2. The van der Waals surface area contributed by atoms with Crippen LogP contribution < -0.4 is 0 Å². The van der Waals surface area contributed by atoms with Crippen LogP contribution in [0.4, 0.5) is 0 Å². The van der Waals surface area contributed by atoms with Gasteiger partial charge in [0.2, 0.25) is 0 Å². The Hall–Kier alpha value is -2.00. The van der Waals surface area contributed by atoms with Crippen molar-refractivity contribution in [2.45, 2.75) is 65.6 Å². The highest BCUT2D eigenvalue weighted by Crippen LogP contribution is 2.53. The number of carbonyl (C=O) groups excluding carboxylic acids is 2. The number of carbonyl (C=O) groups is 2. The van der Waals surface area contributed by atoms with Crippen molar-refractivity contribution in [2.24, 2.45) is 22.7 Å². The van der Waals surface area contributed by atoms with Crippen LogP contribution in [0.25, 0.3) is 0 Å². The first-order chi connectivity index (χ1) is 15.9. The number of benzene rings is 1. The highest BCUT2D eigenvalue weighted by atomic mass is 16.5. The summed E-state index contributed by atoms with van der Waals surface area (Å²) in [5, 5.41) is 36.6. The van der Waals surface area contributed by atoms with Crippen molar-refractivity contribution >= 4 is 11.9 Å². The van der Waals surface area contributed by atoms with Crippen LogP contribution in [0.15, 0.2) is 24.3 Å². The Morgan fingerprint density at radius 3 is 1.18 bits per heavy atom. The topological polar surface area (TPSA) is 134 Å². The van der Waals surface area contributed by atoms with Crippen LogP contribution in [0.5, 0.6) is 0 Å². The van der Waals surface area contributed by atoms with Gasteiger partial charge >= 0.3 is 11.9 Å². The fourth-order valence-electron chi connectivity index (χ4n) is 4.70. The number of esters is 2. The maximum Gasteiger partial charge on any atom is 0.337 e. The zero-order chi connectivity index (χ0) is 26.1. The van der Waals surface area contributed by atoms with Crippen molar-refractivity contribution in [1.82, 2.24) is 0 Å². The van der Waals surface area contributed by atoms with E-state index >= 15 is 0 Å². The van der Waals surface area contributed by atoms with Crippen LogP contribution in [-0.4, -0.2) is 72.0 Å². The zero-order valence-electron chi connectivity index (χ0n) is 21.3. The van der Waals surface area contributed by atoms with Crippen molar-refractivity contribution in [1.29, 1.82) is 0 Å². The molecule has 3 rings (SSSR count). The molecule has 0 amide bonds. The molecule has 194 valence electrons. The second kappa shape index (κ2) is 13.2. The van der Waals surface area contributed by atoms with Crippen molar-refractivity contribution in [3.8, 4) is 0 Å². The molecule has 0 saturated heterocycles. The molecular formula is C26H42O8. The van der Waals surface area contributed by atoms with E-state index in [1.165, 1.54) is 38.5 Å². The third kappa shape index (κ3) is 7.50. The maximum atomic E-state index is 11.0. The van der Waals surface area contributed by atoms with E-state index in [9.17, 15) is 19.8 Å². The summed E-state index contributed by atoms with van der Waals surface area (Å²) in [4.78, 5) is 22.1. The molecule has 4 N–H and O–H groups in total. The molecule has 0 heterocycles. The van der Waals surface area contributed by atoms with Crippen LogP contribution in [0.3, 0.4) is 0 Å². The number of hydrogen-bond donors (Lipinski definition) is 4. The second-order valence-corrected chi connectivity index (χ2v) is 10.3. The molecule has 0 bridgehead atoms. The van der Waals surface area contributed by atoms with Gasteiger partial charge in [0.05, 0.1) is 37.6 Å². The van der Waals surface area contributed by atoms with Crippen molar-refractivity contribution in [3.63, 3.8) is 0 Å². The largest absolute Gasteiger partial charge is 0.465 e. The van der Waals surface area contributed by atoms with Gasteiger partial charge in [-0.3, -0.25) is 0 Å². The van der Waals surface area contributed by atoms with Crippen LogP contribution in [0.1, 0.15) is 74.1 Å². The molecule has 1 aromatic rings. The fraction of sp³-hybridized carbons (Fsp3) is 0.692. The molecule has 34 heavy (non-hydrogen) atoms.